The quantitative estimate of drug-likeness (QED) is 0.782. The van der Waals surface area contributed by atoms with Gasteiger partial charge in [-0.15, -0.1) is 0 Å². The minimum absolute atomic E-state index is 0.570. The molecule has 2 aliphatic rings. The van der Waals surface area contributed by atoms with Crippen LogP contribution in [0.15, 0.2) is 0 Å². The van der Waals surface area contributed by atoms with Crippen molar-refractivity contribution in [2.24, 2.45) is 5.92 Å². The van der Waals surface area contributed by atoms with Gasteiger partial charge in [-0.3, -0.25) is 4.90 Å². The zero-order valence-electron chi connectivity index (χ0n) is 10.8. The lowest BCUT2D eigenvalue weighted by molar-refractivity contribution is 0.0339. The van der Waals surface area contributed by atoms with E-state index in [1.54, 1.807) is 0 Å². The van der Waals surface area contributed by atoms with Crippen molar-refractivity contribution in [3.63, 3.8) is 0 Å². The van der Waals surface area contributed by atoms with Crippen molar-refractivity contribution < 1.29 is 4.74 Å². The summed E-state index contributed by atoms with van der Waals surface area (Å²) < 4.78 is 5.66. The summed E-state index contributed by atoms with van der Waals surface area (Å²) in [5, 5.41) is 3.62. The SMILES string of the molecule is CCNC(=S)OC[C@H]1CCCN2CCCC[C@H]12. The first-order chi connectivity index (χ1) is 8.31. The van der Waals surface area contributed by atoms with Crippen molar-refractivity contribution in [2.75, 3.05) is 26.2 Å². The summed E-state index contributed by atoms with van der Waals surface area (Å²) in [7, 11) is 0. The van der Waals surface area contributed by atoms with E-state index < -0.39 is 0 Å². The fourth-order valence-electron chi connectivity index (χ4n) is 3.15. The highest BCUT2D eigenvalue weighted by atomic mass is 32.1. The van der Waals surface area contributed by atoms with Gasteiger partial charge < -0.3 is 10.1 Å². The Labute approximate surface area is 110 Å². The van der Waals surface area contributed by atoms with Gasteiger partial charge in [-0.1, -0.05) is 6.42 Å². The van der Waals surface area contributed by atoms with Crippen LogP contribution in [0.3, 0.4) is 0 Å². The third-order valence-electron chi connectivity index (χ3n) is 3.98. The monoisotopic (exact) mass is 256 g/mol. The van der Waals surface area contributed by atoms with Gasteiger partial charge in [0.2, 0.25) is 0 Å². The molecule has 2 aliphatic heterocycles. The minimum Gasteiger partial charge on any atom is -0.471 e. The molecule has 2 atom stereocenters. The Balaban J connectivity index is 1.80. The van der Waals surface area contributed by atoms with Crippen molar-refractivity contribution >= 4 is 17.4 Å². The molecule has 1 N–H and O–H groups in total. The van der Waals surface area contributed by atoms with Gasteiger partial charge in [-0.05, 0) is 57.9 Å². The average molecular weight is 256 g/mol. The van der Waals surface area contributed by atoms with Gasteiger partial charge in [0.25, 0.3) is 5.17 Å². The Morgan fingerprint density at radius 3 is 2.94 bits per heavy atom. The first-order valence-electron chi connectivity index (χ1n) is 6.96. The molecule has 0 bridgehead atoms. The van der Waals surface area contributed by atoms with Crippen molar-refractivity contribution in [1.29, 1.82) is 0 Å². The standard InChI is InChI=1S/C13H24N2OS/c1-2-14-13(17)16-10-11-6-5-9-15-8-4-3-7-12(11)15/h11-12H,2-10H2,1H3,(H,14,17)/t11-,12-/m1/s1. The summed E-state index contributed by atoms with van der Waals surface area (Å²) in [5.41, 5.74) is 0. The predicted octanol–water partition coefficient (Wildman–Crippen LogP) is 2.16. The molecule has 2 rings (SSSR count). The zero-order valence-corrected chi connectivity index (χ0v) is 11.6. The molecule has 3 nitrogen and oxygen atoms in total. The lowest BCUT2D eigenvalue weighted by atomic mass is 9.84. The van der Waals surface area contributed by atoms with Crippen molar-refractivity contribution in [3.8, 4) is 0 Å². The molecule has 0 spiro atoms. The number of nitrogens with zero attached hydrogens (tertiary/aromatic N) is 1. The van der Waals surface area contributed by atoms with Crippen LogP contribution in [0.25, 0.3) is 0 Å². The molecular formula is C13H24N2OS. The molecule has 0 aromatic carbocycles. The number of rotatable bonds is 3. The molecule has 0 amide bonds. The molecule has 4 heteroatoms. The number of hydrogen-bond donors (Lipinski definition) is 1. The van der Waals surface area contributed by atoms with E-state index in [0.717, 1.165) is 19.2 Å². The van der Waals surface area contributed by atoms with Crippen molar-refractivity contribution in [3.05, 3.63) is 0 Å². The summed E-state index contributed by atoms with van der Waals surface area (Å²) in [4.78, 5) is 2.66. The summed E-state index contributed by atoms with van der Waals surface area (Å²) >= 11 is 5.12. The van der Waals surface area contributed by atoms with E-state index in [-0.39, 0.29) is 0 Å². The van der Waals surface area contributed by atoms with E-state index >= 15 is 0 Å². The molecule has 0 radical (unpaired) electrons. The number of ether oxygens (including phenoxy) is 1. The Morgan fingerprint density at radius 1 is 1.29 bits per heavy atom. The van der Waals surface area contributed by atoms with E-state index in [0.29, 0.717) is 11.1 Å². The van der Waals surface area contributed by atoms with Crippen LogP contribution in [0.2, 0.25) is 0 Å². The van der Waals surface area contributed by atoms with Crippen LogP contribution < -0.4 is 5.32 Å². The van der Waals surface area contributed by atoms with E-state index in [1.807, 2.05) is 6.92 Å². The maximum atomic E-state index is 5.66. The largest absolute Gasteiger partial charge is 0.471 e. The molecule has 0 unspecified atom stereocenters. The lowest BCUT2D eigenvalue weighted by Gasteiger charge is -2.44. The Hall–Kier alpha value is -0.350. The maximum absolute atomic E-state index is 5.66. The van der Waals surface area contributed by atoms with E-state index in [2.05, 4.69) is 10.2 Å². The van der Waals surface area contributed by atoms with Crippen LogP contribution in [0, 0.1) is 5.92 Å². The van der Waals surface area contributed by atoms with E-state index in [9.17, 15) is 0 Å². The van der Waals surface area contributed by atoms with Crippen LogP contribution in [0.5, 0.6) is 0 Å². The number of thiocarbonyl (C=S) groups is 1. The molecule has 2 saturated heterocycles. The Bertz CT molecular complexity index is 258. The topological polar surface area (TPSA) is 24.5 Å². The zero-order chi connectivity index (χ0) is 12.1. The molecule has 98 valence electrons. The van der Waals surface area contributed by atoms with Gasteiger partial charge >= 0.3 is 0 Å². The second-order valence-corrected chi connectivity index (χ2v) is 5.50. The maximum Gasteiger partial charge on any atom is 0.256 e. The average Bonchev–Trinajstić information content (AvgIpc) is 2.36. The van der Waals surface area contributed by atoms with Gasteiger partial charge in [0.15, 0.2) is 0 Å². The minimum atomic E-state index is 0.570. The lowest BCUT2D eigenvalue weighted by Crippen LogP contribution is -2.49. The summed E-state index contributed by atoms with van der Waals surface area (Å²) in [6.45, 7) is 6.27. The first kappa shape index (κ1) is 13.1. The smallest absolute Gasteiger partial charge is 0.256 e. The number of piperidine rings is 2. The fraction of sp³-hybridized carbons (Fsp3) is 0.923. The fourth-order valence-corrected chi connectivity index (χ4v) is 3.36. The third-order valence-corrected chi connectivity index (χ3v) is 4.24. The van der Waals surface area contributed by atoms with Gasteiger partial charge in [0.05, 0.1) is 6.61 Å². The third kappa shape index (κ3) is 3.55. The summed E-state index contributed by atoms with van der Waals surface area (Å²) in [6, 6.07) is 0.752. The van der Waals surface area contributed by atoms with Gasteiger partial charge in [0.1, 0.15) is 0 Å². The van der Waals surface area contributed by atoms with Gasteiger partial charge in [-0.25, -0.2) is 0 Å². The van der Waals surface area contributed by atoms with Crippen LogP contribution in [-0.2, 0) is 4.74 Å². The number of hydrogen-bond acceptors (Lipinski definition) is 3. The van der Waals surface area contributed by atoms with E-state index in [1.165, 1.54) is 45.2 Å². The molecule has 0 aliphatic carbocycles. The van der Waals surface area contributed by atoms with E-state index in [4.69, 9.17) is 17.0 Å². The molecule has 0 aromatic heterocycles. The molecule has 2 fully saturated rings. The van der Waals surface area contributed by atoms with Crippen LogP contribution in [-0.4, -0.2) is 42.4 Å². The normalized spacial score (nSPS) is 29.5. The number of nitrogens with one attached hydrogen (secondary N) is 1. The predicted molar refractivity (Wildman–Crippen MR) is 74.2 cm³/mol. The summed E-state index contributed by atoms with van der Waals surface area (Å²) in [6.07, 6.45) is 6.73. The second-order valence-electron chi connectivity index (χ2n) is 5.13. The van der Waals surface area contributed by atoms with Crippen LogP contribution in [0.4, 0.5) is 0 Å². The highest BCUT2D eigenvalue weighted by molar-refractivity contribution is 7.80. The highest BCUT2D eigenvalue weighted by Crippen LogP contribution is 2.30. The van der Waals surface area contributed by atoms with Crippen LogP contribution >= 0.6 is 12.2 Å². The van der Waals surface area contributed by atoms with Crippen molar-refractivity contribution in [2.45, 2.75) is 45.1 Å². The molecule has 0 aromatic rings. The molecular weight excluding hydrogens is 232 g/mol. The Morgan fingerprint density at radius 2 is 2.12 bits per heavy atom. The summed E-state index contributed by atoms with van der Waals surface area (Å²) in [5.74, 6) is 0.681. The van der Waals surface area contributed by atoms with Gasteiger partial charge in [-0.2, -0.15) is 0 Å². The van der Waals surface area contributed by atoms with Crippen LogP contribution in [0.1, 0.15) is 39.0 Å². The first-order valence-corrected chi connectivity index (χ1v) is 7.36. The molecule has 0 saturated carbocycles. The van der Waals surface area contributed by atoms with Gasteiger partial charge in [0, 0.05) is 18.5 Å². The van der Waals surface area contributed by atoms with Crippen molar-refractivity contribution in [1.82, 2.24) is 10.2 Å². The number of fused-ring (bicyclic) bond motifs is 1. The highest BCUT2D eigenvalue weighted by Gasteiger charge is 2.33. The second kappa shape index (κ2) is 6.55. The Kier molecular flexibility index (Phi) is 5.04. The molecule has 2 heterocycles. The molecule has 17 heavy (non-hydrogen) atoms.